The molecular formula is C12H20N3O4+. The average Bonchev–Trinajstić information content (AvgIpc) is 2.76. The van der Waals surface area contributed by atoms with Gasteiger partial charge in [0.25, 0.3) is 0 Å². The maximum absolute atomic E-state index is 11.8. The van der Waals surface area contributed by atoms with Gasteiger partial charge >= 0.3 is 5.97 Å². The van der Waals surface area contributed by atoms with Crippen molar-refractivity contribution in [3.63, 3.8) is 0 Å². The first-order valence-corrected chi connectivity index (χ1v) is 6.57. The molecule has 2 heterocycles. The lowest BCUT2D eigenvalue weighted by atomic mass is 10.2. The predicted octanol–water partition coefficient (Wildman–Crippen LogP) is -1.36. The van der Waals surface area contributed by atoms with Gasteiger partial charge in [-0.05, 0) is 6.92 Å². The molecule has 7 nitrogen and oxygen atoms in total. The molecule has 2 saturated heterocycles. The van der Waals surface area contributed by atoms with Crippen LogP contribution in [0.5, 0.6) is 0 Å². The van der Waals surface area contributed by atoms with Crippen molar-refractivity contribution in [2.45, 2.75) is 13.1 Å². The van der Waals surface area contributed by atoms with Crippen LogP contribution in [0.25, 0.3) is 0 Å². The van der Waals surface area contributed by atoms with Crippen molar-refractivity contribution < 1.29 is 23.6 Å². The number of amides is 2. The Morgan fingerprint density at radius 1 is 1.32 bits per heavy atom. The fourth-order valence-electron chi connectivity index (χ4n) is 3.04. The Morgan fingerprint density at radius 3 is 2.68 bits per heavy atom. The molecule has 2 rings (SSSR count). The van der Waals surface area contributed by atoms with E-state index in [1.54, 1.807) is 16.7 Å². The van der Waals surface area contributed by atoms with Crippen molar-refractivity contribution in [2.24, 2.45) is 0 Å². The molecule has 2 amide bonds. The van der Waals surface area contributed by atoms with Crippen molar-refractivity contribution in [1.82, 2.24) is 9.80 Å². The number of hydrogen-bond donors (Lipinski definition) is 0. The molecule has 2 aliphatic heterocycles. The highest BCUT2D eigenvalue weighted by Crippen LogP contribution is 2.27. The molecule has 0 spiro atoms. The molecule has 0 aromatic carbocycles. The summed E-state index contributed by atoms with van der Waals surface area (Å²) in [5.41, 5.74) is 0. The van der Waals surface area contributed by atoms with Gasteiger partial charge in [0.1, 0.15) is 0 Å². The maximum Gasteiger partial charge on any atom is 0.361 e. The van der Waals surface area contributed by atoms with Gasteiger partial charge in [0.15, 0.2) is 12.7 Å². The topological polar surface area (TPSA) is 66.9 Å². The second-order valence-corrected chi connectivity index (χ2v) is 5.05. The van der Waals surface area contributed by atoms with Crippen LogP contribution < -0.4 is 0 Å². The second-order valence-electron chi connectivity index (χ2n) is 5.05. The van der Waals surface area contributed by atoms with Crippen LogP contribution >= 0.6 is 0 Å². The van der Waals surface area contributed by atoms with Gasteiger partial charge in [-0.25, -0.2) is 4.79 Å². The van der Waals surface area contributed by atoms with Crippen molar-refractivity contribution >= 4 is 18.8 Å². The predicted molar refractivity (Wildman–Crippen MR) is 65.7 cm³/mol. The highest BCUT2D eigenvalue weighted by atomic mass is 16.5. The van der Waals surface area contributed by atoms with Crippen LogP contribution in [0.1, 0.15) is 6.92 Å². The molecule has 2 aliphatic rings. The molecular weight excluding hydrogens is 250 g/mol. The summed E-state index contributed by atoms with van der Waals surface area (Å²) in [6.45, 7) is 5.58. The van der Waals surface area contributed by atoms with Gasteiger partial charge < -0.3 is 9.64 Å². The largest absolute Gasteiger partial charge is 0.462 e. The van der Waals surface area contributed by atoms with E-state index in [2.05, 4.69) is 0 Å². The molecule has 2 atom stereocenters. The number of hydrogen-bond acceptors (Lipinski definition) is 4. The third-order valence-corrected chi connectivity index (χ3v) is 4.08. The molecule has 2 fully saturated rings. The van der Waals surface area contributed by atoms with Gasteiger partial charge in [0, 0.05) is 0 Å². The van der Waals surface area contributed by atoms with E-state index in [4.69, 9.17) is 4.74 Å². The van der Waals surface area contributed by atoms with E-state index < -0.39 is 0 Å². The first kappa shape index (κ1) is 13.8. The summed E-state index contributed by atoms with van der Waals surface area (Å²) in [7, 11) is 0. The summed E-state index contributed by atoms with van der Waals surface area (Å²) in [6.07, 6.45) is 1.49. The third kappa shape index (κ3) is 2.56. The van der Waals surface area contributed by atoms with Gasteiger partial charge in [-0.15, -0.1) is 0 Å². The van der Waals surface area contributed by atoms with Gasteiger partial charge in [-0.3, -0.25) is 19.0 Å². The number of ether oxygens (including phenoxy) is 1. The van der Waals surface area contributed by atoms with Crippen molar-refractivity contribution in [3.05, 3.63) is 0 Å². The molecule has 0 aliphatic carbocycles. The average molecular weight is 270 g/mol. The molecule has 19 heavy (non-hydrogen) atoms. The third-order valence-electron chi connectivity index (χ3n) is 4.08. The minimum Gasteiger partial charge on any atom is -0.462 e. The number of quaternary nitrogens is 1. The molecule has 106 valence electrons. The fraction of sp³-hybridized carbons (Fsp3) is 0.750. The van der Waals surface area contributed by atoms with Gasteiger partial charge in [-0.1, -0.05) is 0 Å². The van der Waals surface area contributed by atoms with Crippen molar-refractivity contribution in [3.8, 4) is 0 Å². The molecule has 0 bridgehead atoms. The summed E-state index contributed by atoms with van der Waals surface area (Å²) >= 11 is 0. The number of rotatable bonds is 5. The SMILES string of the molecule is CCOC(=O)C[N+]12CCN(C=O)CC1N(C=O)CC2. The normalized spacial score (nSPS) is 29.8. The highest BCUT2D eigenvalue weighted by Gasteiger charge is 2.51. The van der Waals surface area contributed by atoms with Crippen molar-refractivity contribution in [1.29, 1.82) is 0 Å². The van der Waals surface area contributed by atoms with Crippen LogP contribution in [0, 0.1) is 0 Å². The lowest BCUT2D eigenvalue weighted by Gasteiger charge is -2.45. The first-order valence-electron chi connectivity index (χ1n) is 6.57. The smallest absolute Gasteiger partial charge is 0.361 e. The molecule has 0 aromatic rings. The fourth-order valence-corrected chi connectivity index (χ4v) is 3.04. The quantitative estimate of drug-likeness (QED) is 0.351. The van der Waals surface area contributed by atoms with Crippen LogP contribution in [-0.2, 0) is 19.1 Å². The van der Waals surface area contributed by atoms with Crippen LogP contribution in [0.4, 0.5) is 0 Å². The Kier molecular flexibility index (Phi) is 4.04. The van der Waals surface area contributed by atoms with Gasteiger partial charge in [-0.2, -0.15) is 0 Å². The number of piperazine rings is 1. The Morgan fingerprint density at radius 2 is 2.05 bits per heavy atom. The van der Waals surface area contributed by atoms with E-state index in [0.29, 0.717) is 37.3 Å². The second kappa shape index (κ2) is 5.56. The summed E-state index contributed by atoms with van der Waals surface area (Å²) in [4.78, 5) is 37.1. The van der Waals surface area contributed by atoms with Gasteiger partial charge in [0.2, 0.25) is 12.8 Å². The Labute approximate surface area is 112 Å². The Hall–Kier alpha value is -1.63. The monoisotopic (exact) mass is 270 g/mol. The van der Waals surface area contributed by atoms with Gasteiger partial charge in [0.05, 0.1) is 39.3 Å². The zero-order valence-electron chi connectivity index (χ0n) is 11.2. The van der Waals surface area contributed by atoms with Crippen LogP contribution in [0.2, 0.25) is 0 Å². The molecule has 0 saturated carbocycles. The summed E-state index contributed by atoms with van der Waals surface area (Å²) < 4.78 is 5.55. The number of carbonyl (C=O) groups excluding carboxylic acids is 3. The van der Waals surface area contributed by atoms with Crippen LogP contribution in [0.15, 0.2) is 0 Å². The minimum absolute atomic E-state index is 0.124. The number of nitrogens with zero attached hydrogens (tertiary/aromatic N) is 3. The number of fused-ring (bicyclic) bond motifs is 1. The lowest BCUT2D eigenvalue weighted by Crippen LogP contribution is -2.66. The minimum atomic E-state index is -0.236. The van der Waals surface area contributed by atoms with Crippen LogP contribution in [0.3, 0.4) is 0 Å². The number of carbonyl (C=O) groups is 3. The summed E-state index contributed by atoms with van der Waals surface area (Å²) in [5.74, 6) is -0.236. The zero-order valence-corrected chi connectivity index (χ0v) is 11.2. The Bertz CT molecular complexity index is 376. The van der Waals surface area contributed by atoms with E-state index in [0.717, 1.165) is 19.4 Å². The first-order chi connectivity index (χ1) is 9.15. The molecule has 0 radical (unpaired) electrons. The van der Waals surface area contributed by atoms with E-state index in [1.807, 2.05) is 0 Å². The lowest BCUT2D eigenvalue weighted by molar-refractivity contribution is -0.940. The molecule has 0 aromatic heterocycles. The van der Waals surface area contributed by atoms with E-state index >= 15 is 0 Å². The molecule has 0 N–H and O–H groups in total. The zero-order chi connectivity index (χ0) is 13.9. The summed E-state index contributed by atoms with van der Waals surface area (Å²) in [5, 5.41) is 0. The molecule has 7 heteroatoms. The maximum atomic E-state index is 11.8. The van der Waals surface area contributed by atoms with E-state index in [-0.39, 0.29) is 18.7 Å². The van der Waals surface area contributed by atoms with E-state index in [9.17, 15) is 14.4 Å². The Balaban J connectivity index is 2.14. The van der Waals surface area contributed by atoms with E-state index in [1.165, 1.54) is 0 Å². The summed E-state index contributed by atoms with van der Waals surface area (Å²) in [6, 6.07) is 0. The van der Waals surface area contributed by atoms with Crippen LogP contribution in [-0.4, -0.2) is 85.1 Å². The molecule has 2 unspecified atom stereocenters. The standard InChI is InChI=1S/C12H20N3O4/c1-2-19-12(18)8-15-5-3-13(9-16)7-11(15)14(10-17)4-6-15/h9-11H,2-8H2,1H3/q+1. The highest BCUT2D eigenvalue weighted by molar-refractivity contribution is 5.70. The van der Waals surface area contributed by atoms with Crippen molar-refractivity contribution in [2.75, 3.05) is 45.9 Å². The number of esters is 1.